The maximum Gasteiger partial charge on any atom is 0.126 e. The van der Waals surface area contributed by atoms with Crippen molar-refractivity contribution in [2.24, 2.45) is 0 Å². The summed E-state index contributed by atoms with van der Waals surface area (Å²) in [5.41, 5.74) is 0. The van der Waals surface area contributed by atoms with Gasteiger partial charge >= 0.3 is 0 Å². The zero-order valence-electron chi connectivity index (χ0n) is 9.50. The highest BCUT2D eigenvalue weighted by Crippen LogP contribution is 2.18. The van der Waals surface area contributed by atoms with Crippen LogP contribution < -0.4 is 4.74 Å². The number of benzene rings is 1. The molecule has 0 saturated carbocycles. The van der Waals surface area contributed by atoms with Gasteiger partial charge in [0.15, 0.2) is 0 Å². The van der Waals surface area contributed by atoms with Crippen molar-refractivity contribution in [1.29, 1.82) is 0 Å². The Kier molecular flexibility index (Phi) is 5.16. The summed E-state index contributed by atoms with van der Waals surface area (Å²) in [6.07, 6.45) is 4.48. The summed E-state index contributed by atoms with van der Waals surface area (Å²) in [5.74, 6) is 0.404. The second kappa shape index (κ2) is 6.44. The smallest absolute Gasteiger partial charge is 0.126 e. The number of halogens is 1. The molecule has 0 aliphatic carbocycles. The van der Waals surface area contributed by atoms with Crippen LogP contribution in [0.3, 0.4) is 0 Å². The van der Waals surface area contributed by atoms with Crippen molar-refractivity contribution < 1.29 is 9.13 Å². The van der Waals surface area contributed by atoms with Crippen molar-refractivity contribution in [3.63, 3.8) is 0 Å². The lowest BCUT2D eigenvalue weighted by atomic mass is 10.1. The predicted octanol–water partition coefficient (Wildman–Crippen LogP) is 4.17. The van der Waals surface area contributed by atoms with Gasteiger partial charge in [-0.25, -0.2) is 4.39 Å². The van der Waals surface area contributed by atoms with Crippen molar-refractivity contribution in [3.05, 3.63) is 30.1 Å². The Bertz CT molecular complexity index is 280. The Labute approximate surface area is 91.3 Å². The summed E-state index contributed by atoms with van der Waals surface area (Å²) in [6.45, 7) is 4.27. The molecule has 15 heavy (non-hydrogen) atoms. The highest BCUT2D eigenvalue weighted by Gasteiger charge is 2.08. The quantitative estimate of drug-likeness (QED) is 0.684. The molecule has 0 fully saturated rings. The second-order valence-corrected chi connectivity index (χ2v) is 3.77. The van der Waals surface area contributed by atoms with Crippen LogP contribution in [-0.2, 0) is 0 Å². The van der Waals surface area contributed by atoms with Gasteiger partial charge in [0.05, 0.1) is 6.10 Å². The topological polar surface area (TPSA) is 9.23 Å². The van der Waals surface area contributed by atoms with Crippen LogP contribution in [0.5, 0.6) is 5.75 Å². The zero-order chi connectivity index (χ0) is 11.1. The lowest BCUT2D eigenvalue weighted by Gasteiger charge is -2.17. The minimum absolute atomic E-state index is 0.224. The van der Waals surface area contributed by atoms with E-state index in [4.69, 9.17) is 4.74 Å². The van der Waals surface area contributed by atoms with Crippen molar-refractivity contribution in [1.82, 2.24) is 0 Å². The summed E-state index contributed by atoms with van der Waals surface area (Å²) < 4.78 is 18.6. The van der Waals surface area contributed by atoms with Crippen LogP contribution in [0.15, 0.2) is 24.3 Å². The standard InChI is InChI=1S/C13H19FO/c1-3-6-12(7-4-2)15-13-9-5-8-11(14)10-13/h5,8-10,12H,3-4,6-7H2,1-2H3. The minimum atomic E-state index is -0.237. The fraction of sp³-hybridized carbons (Fsp3) is 0.538. The molecule has 0 bridgehead atoms. The van der Waals surface area contributed by atoms with Crippen LogP contribution in [-0.4, -0.2) is 6.10 Å². The molecule has 0 aliphatic heterocycles. The first-order valence-corrected chi connectivity index (χ1v) is 5.68. The molecule has 1 aromatic carbocycles. The second-order valence-electron chi connectivity index (χ2n) is 3.77. The van der Waals surface area contributed by atoms with E-state index in [1.807, 2.05) is 0 Å². The van der Waals surface area contributed by atoms with E-state index in [9.17, 15) is 4.39 Å². The Morgan fingerprint density at radius 1 is 1.20 bits per heavy atom. The van der Waals surface area contributed by atoms with Gasteiger partial charge in [-0.15, -0.1) is 0 Å². The Hall–Kier alpha value is -1.05. The lowest BCUT2D eigenvalue weighted by Crippen LogP contribution is -2.15. The van der Waals surface area contributed by atoms with E-state index in [2.05, 4.69) is 13.8 Å². The molecule has 0 radical (unpaired) electrons. The molecule has 0 N–H and O–H groups in total. The van der Waals surface area contributed by atoms with Gasteiger partial charge in [0, 0.05) is 6.07 Å². The summed E-state index contributed by atoms with van der Waals surface area (Å²) >= 11 is 0. The van der Waals surface area contributed by atoms with Crippen LogP contribution in [0.2, 0.25) is 0 Å². The van der Waals surface area contributed by atoms with Crippen LogP contribution in [0, 0.1) is 5.82 Å². The summed E-state index contributed by atoms with van der Waals surface area (Å²) in [7, 11) is 0. The maximum absolute atomic E-state index is 12.9. The maximum atomic E-state index is 12.9. The van der Waals surface area contributed by atoms with Gasteiger partial charge in [-0.1, -0.05) is 32.8 Å². The van der Waals surface area contributed by atoms with Crippen molar-refractivity contribution in [2.75, 3.05) is 0 Å². The Morgan fingerprint density at radius 2 is 1.87 bits per heavy atom. The third kappa shape index (κ3) is 4.32. The average Bonchev–Trinajstić information content (AvgIpc) is 2.18. The van der Waals surface area contributed by atoms with Gasteiger partial charge < -0.3 is 4.74 Å². The molecule has 0 atom stereocenters. The SMILES string of the molecule is CCCC(CCC)Oc1cccc(F)c1. The number of rotatable bonds is 6. The molecule has 84 valence electrons. The summed E-state index contributed by atoms with van der Waals surface area (Å²) in [4.78, 5) is 0. The first kappa shape index (κ1) is 12.0. The van der Waals surface area contributed by atoms with Crippen molar-refractivity contribution in [2.45, 2.75) is 45.6 Å². The first-order chi connectivity index (χ1) is 7.26. The van der Waals surface area contributed by atoms with Crippen molar-refractivity contribution in [3.8, 4) is 5.75 Å². The van der Waals surface area contributed by atoms with Gasteiger partial charge in [0.1, 0.15) is 11.6 Å². The van der Waals surface area contributed by atoms with E-state index in [1.54, 1.807) is 12.1 Å². The summed E-state index contributed by atoms with van der Waals surface area (Å²) in [6, 6.07) is 6.36. The van der Waals surface area contributed by atoms with Gasteiger partial charge in [-0.3, -0.25) is 0 Å². The zero-order valence-corrected chi connectivity index (χ0v) is 9.50. The fourth-order valence-corrected chi connectivity index (χ4v) is 1.64. The lowest BCUT2D eigenvalue weighted by molar-refractivity contribution is 0.178. The molecule has 0 aliphatic rings. The van der Waals surface area contributed by atoms with E-state index in [-0.39, 0.29) is 11.9 Å². The Balaban J connectivity index is 2.56. The molecular weight excluding hydrogens is 191 g/mol. The molecule has 1 rings (SSSR count). The van der Waals surface area contributed by atoms with Gasteiger partial charge in [-0.2, -0.15) is 0 Å². The average molecular weight is 210 g/mol. The molecule has 0 unspecified atom stereocenters. The monoisotopic (exact) mass is 210 g/mol. The van der Waals surface area contributed by atoms with Crippen molar-refractivity contribution >= 4 is 0 Å². The van der Waals surface area contributed by atoms with E-state index < -0.39 is 0 Å². The third-order valence-corrected chi connectivity index (χ3v) is 2.32. The number of ether oxygens (including phenoxy) is 1. The molecule has 0 saturated heterocycles. The molecule has 2 heteroatoms. The normalized spacial score (nSPS) is 10.7. The molecular formula is C13H19FO. The largest absolute Gasteiger partial charge is 0.490 e. The van der Waals surface area contributed by atoms with E-state index >= 15 is 0 Å². The van der Waals surface area contributed by atoms with Crippen LogP contribution in [0.4, 0.5) is 4.39 Å². The van der Waals surface area contributed by atoms with E-state index in [0.717, 1.165) is 25.7 Å². The van der Waals surface area contributed by atoms with Crippen LogP contribution in [0.1, 0.15) is 39.5 Å². The van der Waals surface area contributed by atoms with Crippen LogP contribution in [0.25, 0.3) is 0 Å². The highest BCUT2D eigenvalue weighted by molar-refractivity contribution is 5.22. The van der Waals surface area contributed by atoms with Gasteiger partial charge in [-0.05, 0) is 25.0 Å². The third-order valence-electron chi connectivity index (χ3n) is 2.32. The number of hydrogen-bond donors (Lipinski definition) is 0. The molecule has 0 spiro atoms. The predicted molar refractivity (Wildman–Crippen MR) is 60.6 cm³/mol. The molecule has 1 nitrogen and oxygen atoms in total. The summed E-state index contributed by atoms with van der Waals surface area (Å²) in [5, 5.41) is 0. The van der Waals surface area contributed by atoms with E-state index in [0.29, 0.717) is 5.75 Å². The highest BCUT2D eigenvalue weighted by atomic mass is 19.1. The molecule has 0 heterocycles. The van der Waals surface area contributed by atoms with Crippen LogP contribution >= 0.6 is 0 Å². The molecule has 0 amide bonds. The van der Waals surface area contributed by atoms with Gasteiger partial charge in [0.25, 0.3) is 0 Å². The molecule has 1 aromatic rings. The minimum Gasteiger partial charge on any atom is -0.490 e. The first-order valence-electron chi connectivity index (χ1n) is 5.68. The molecule has 0 aromatic heterocycles. The Morgan fingerprint density at radius 3 is 2.40 bits per heavy atom. The van der Waals surface area contributed by atoms with E-state index in [1.165, 1.54) is 12.1 Å². The number of hydrogen-bond acceptors (Lipinski definition) is 1. The van der Waals surface area contributed by atoms with Gasteiger partial charge in [0.2, 0.25) is 0 Å². The fourth-order valence-electron chi connectivity index (χ4n) is 1.64.